The highest BCUT2D eigenvalue weighted by atomic mass is 32.2. The largest absolute Gasteiger partial charge is 0.507 e. The molecular formula is C13H19NO5S. The molecule has 0 aromatic heterocycles. The second-order valence-electron chi connectivity index (χ2n) is 4.83. The lowest BCUT2D eigenvalue weighted by Gasteiger charge is -2.22. The van der Waals surface area contributed by atoms with E-state index in [1.54, 1.807) is 6.92 Å². The van der Waals surface area contributed by atoms with Crippen LogP contribution in [-0.4, -0.2) is 42.0 Å². The minimum Gasteiger partial charge on any atom is -0.507 e. The number of carboxylic acid groups (broad SMARTS) is 1. The van der Waals surface area contributed by atoms with Crippen molar-refractivity contribution in [3.8, 4) is 5.75 Å². The molecule has 0 bridgehead atoms. The summed E-state index contributed by atoms with van der Waals surface area (Å²) in [6.45, 7) is 6.17. The van der Waals surface area contributed by atoms with Crippen LogP contribution in [0, 0.1) is 5.92 Å². The summed E-state index contributed by atoms with van der Waals surface area (Å²) in [6, 6.07) is 3.27. The Bertz CT molecular complexity index is 595. The smallest absolute Gasteiger partial charge is 0.339 e. The maximum absolute atomic E-state index is 12.4. The highest BCUT2D eigenvalue weighted by Gasteiger charge is 2.25. The standard InChI is InChI=1S/C13H19NO5S/c1-4-14(8-9(2)3)20(18,19)10-5-6-12(15)11(7-10)13(16)17/h5-7,9,15H,4,8H2,1-3H3,(H,16,17). The van der Waals surface area contributed by atoms with Gasteiger partial charge in [0.25, 0.3) is 0 Å². The lowest BCUT2D eigenvalue weighted by Crippen LogP contribution is -2.34. The number of carboxylic acids is 1. The van der Waals surface area contributed by atoms with E-state index in [0.717, 1.165) is 12.1 Å². The minimum absolute atomic E-state index is 0.129. The fourth-order valence-electron chi connectivity index (χ4n) is 1.80. The van der Waals surface area contributed by atoms with Crippen molar-refractivity contribution >= 4 is 16.0 Å². The Morgan fingerprint density at radius 3 is 2.40 bits per heavy atom. The highest BCUT2D eigenvalue weighted by Crippen LogP contribution is 2.24. The molecule has 0 fully saturated rings. The summed E-state index contributed by atoms with van der Waals surface area (Å²) in [5.74, 6) is -1.67. The molecule has 0 heterocycles. The summed E-state index contributed by atoms with van der Waals surface area (Å²) in [4.78, 5) is 10.8. The van der Waals surface area contributed by atoms with Gasteiger partial charge in [0.1, 0.15) is 11.3 Å². The van der Waals surface area contributed by atoms with Crippen molar-refractivity contribution in [1.82, 2.24) is 4.31 Å². The average Bonchev–Trinajstić information content (AvgIpc) is 2.35. The van der Waals surface area contributed by atoms with Crippen molar-refractivity contribution in [2.45, 2.75) is 25.7 Å². The molecule has 0 aliphatic heterocycles. The number of hydrogen-bond acceptors (Lipinski definition) is 4. The Labute approximate surface area is 118 Å². The zero-order valence-electron chi connectivity index (χ0n) is 11.7. The van der Waals surface area contributed by atoms with Crippen LogP contribution in [0.1, 0.15) is 31.1 Å². The summed E-state index contributed by atoms with van der Waals surface area (Å²) in [5.41, 5.74) is -0.424. The van der Waals surface area contributed by atoms with Crippen LogP contribution in [0.5, 0.6) is 5.75 Å². The molecule has 20 heavy (non-hydrogen) atoms. The highest BCUT2D eigenvalue weighted by molar-refractivity contribution is 7.89. The third-order valence-electron chi connectivity index (χ3n) is 2.76. The van der Waals surface area contributed by atoms with Crippen molar-refractivity contribution in [3.63, 3.8) is 0 Å². The maximum Gasteiger partial charge on any atom is 0.339 e. The molecule has 0 aliphatic carbocycles. The first-order valence-electron chi connectivity index (χ1n) is 6.26. The van der Waals surface area contributed by atoms with Crippen LogP contribution in [0.25, 0.3) is 0 Å². The number of rotatable bonds is 6. The molecule has 112 valence electrons. The average molecular weight is 301 g/mol. The molecule has 2 N–H and O–H groups in total. The van der Waals surface area contributed by atoms with Gasteiger partial charge in [-0.05, 0) is 24.1 Å². The number of aromatic hydroxyl groups is 1. The Hall–Kier alpha value is -1.60. The number of carbonyl (C=O) groups is 1. The fourth-order valence-corrected chi connectivity index (χ4v) is 3.44. The first-order chi connectivity index (χ1) is 9.20. The lowest BCUT2D eigenvalue weighted by molar-refractivity contribution is 0.0693. The summed E-state index contributed by atoms with van der Waals surface area (Å²) < 4.78 is 26.2. The molecule has 1 aromatic rings. The van der Waals surface area contributed by atoms with Gasteiger partial charge in [-0.3, -0.25) is 0 Å². The van der Waals surface area contributed by atoms with Crippen LogP contribution in [0.2, 0.25) is 0 Å². The molecule has 7 heteroatoms. The van der Waals surface area contributed by atoms with Gasteiger partial charge in [-0.2, -0.15) is 4.31 Å². The predicted octanol–water partition coefficient (Wildman–Crippen LogP) is 1.76. The van der Waals surface area contributed by atoms with Crippen LogP contribution >= 0.6 is 0 Å². The van der Waals surface area contributed by atoms with Crippen molar-refractivity contribution in [2.24, 2.45) is 5.92 Å². The predicted molar refractivity (Wildman–Crippen MR) is 74.3 cm³/mol. The fraction of sp³-hybridized carbons (Fsp3) is 0.462. The maximum atomic E-state index is 12.4. The molecule has 1 rings (SSSR count). The van der Waals surface area contributed by atoms with E-state index in [1.165, 1.54) is 10.4 Å². The normalized spacial score (nSPS) is 12.1. The summed E-state index contributed by atoms with van der Waals surface area (Å²) in [6.07, 6.45) is 0. The molecule has 0 atom stereocenters. The summed E-state index contributed by atoms with van der Waals surface area (Å²) >= 11 is 0. The van der Waals surface area contributed by atoms with Crippen molar-refractivity contribution in [1.29, 1.82) is 0 Å². The Balaban J connectivity index is 3.27. The lowest BCUT2D eigenvalue weighted by atomic mass is 10.2. The number of nitrogens with zero attached hydrogens (tertiary/aromatic N) is 1. The number of sulfonamides is 1. The summed E-state index contributed by atoms with van der Waals surface area (Å²) in [5, 5.41) is 18.4. The van der Waals surface area contributed by atoms with Gasteiger partial charge in [-0.25, -0.2) is 13.2 Å². The van der Waals surface area contributed by atoms with E-state index in [1.807, 2.05) is 13.8 Å². The number of hydrogen-bond donors (Lipinski definition) is 2. The van der Waals surface area contributed by atoms with Crippen LogP contribution < -0.4 is 0 Å². The molecule has 0 saturated heterocycles. The van der Waals surface area contributed by atoms with E-state index in [4.69, 9.17) is 5.11 Å². The third-order valence-corrected chi connectivity index (χ3v) is 4.69. The van der Waals surface area contributed by atoms with E-state index in [2.05, 4.69) is 0 Å². The van der Waals surface area contributed by atoms with E-state index in [9.17, 15) is 18.3 Å². The Kier molecular flexibility index (Phi) is 5.13. The van der Waals surface area contributed by atoms with Gasteiger partial charge < -0.3 is 10.2 Å². The second-order valence-corrected chi connectivity index (χ2v) is 6.77. The molecular weight excluding hydrogens is 282 g/mol. The molecule has 0 saturated carbocycles. The molecule has 0 aliphatic rings. The zero-order chi connectivity index (χ0) is 15.5. The molecule has 0 unspecified atom stereocenters. The van der Waals surface area contributed by atoms with Crippen molar-refractivity contribution in [2.75, 3.05) is 13.1 Å². The molecule has 0 radical (unpaired) electrons. The monoisotopic (exact) mass is 301 g/mol. The van der Waals surface area contributed by atoms with Crippen molar-refractivity contribution in [3.05, 3.63) is 23.8 Å². The van der Waals surface area contributed by atoms with Crippen LogP contribution in [0.4, 0.5) is 0 Å². The first-order valence-corrected chi connectivity index (χ1v) is 7.70. The van der Waals surface area contributed by atoms with Gasteiger partial charge in [-0.15, -0.1) is 0 Å². The zero-order valence-corrected chi connectivity index (χ0v) is 12.5. The van der Waals surface area contributed by atoms with Gasteiger partial charge in [0.05, 0.1) is 4.90 Å². The van der Waals surface area contributed by atoms with E-state index < -0.39 is 27.3 Å². The minimum atomic E-state index is -3.76. The molecule has 0 amide bonds. The third kappa shape index (κ3) is 3.49. The van der Waals surface area contributed by atoms with Gasteiger partial charge in [0.2, 0.25) is 10.0 Å². The van der Waals surface area contributed by atoms with E-state index >= 15 is 0 Å². The van der Waals surface area contributed by atoms with E-state index in [-0.39, 0.29) is 10.8 Å². The van der Waals surface area contributed by atoms with Gasteiger partial charge in [0.15, 0.2) is 0 Å². The molecule has 6 nitrogen and oxygen atoms in total. The number of phenols is 1. The van der Waals surface area contributed by atoms with Crippen molar-refractivity contribution < 1.29 is 23.4 Å². The van der Waals surface area contributed by atoms with E-state index in [0.29, 0.717) is 13.1 Å². The van der Waals surface area contributed by atoms with Crippen LogP contribution in [-0.2, 0) is 10.0 Å². The number of benzene rings is 1. The first kappa shape index (κ1) is 16.5. The second kappa shape index (κ2) is 6.23. The van der Waals surface area contributed by atoms with Crippen LogP contribution in [0.3, 0.4) is 0 Å². The quantitative estimate of drug-likeness (QED) is 0.834. The molecule has 0 spiro atoms. The molecule has 1 aromatic carbocycles. The Morgan fingerprint density at radius 2 is 1.95 bits per heavy atom. The van der Waals surface area contributed by atoms with Gasteiger partial charge >= 0.3 is 5.97 Å². The SMILES string of the molecule is CCN(CC(C)C)S(=O)(=O)c1ccc(O)c(C(=O)O)c1. The topological polar surface area (TPSA) is 94.9 Å². The number of aromatic carboxylic acids is 1. The summed E-state index contributed by atoms with van der Waals surface area (Å²) in [7, 11) is -3.76. The van der Waals surface area contributed by atoms with Gasteiger partial charge in [-0.1, -0.05) is 20.8 Å². The van der Waals surface area contributed by atoms with Crippen LogP contribution in [0.15, 0.2) is 23.1 Å². The Morgan fingerprint density at radius 1 is 1.35 bits per heavy atom. The van der Waals surface area contributed by atoms with Gasteiger partial charge in [0, 0.05) is 13.1 Å².